The van der Waals surface area contributed by atoms with E-state index >= 15 is 0 Å². The number of ether oxygens (including phenoxy) is 3. The second-order valence-electron chi connectivity index (χ2n) is 4.34. The number of carbonyl (C=O) groups is 1. The molecule has 0 bridgehead atoms. The molecule has 0 saturated heterocycles. The first-order valence-corrected chi connectivity index (χ1v) is 6.30. The highest BCUT2D eigenvalue weighted by atomic mass is 16.5. The molecular weight excluding hydrogens is 272 g/mol. The second kappa shape index (κ2) is 6.65. The topological polar surface area (TPSA) is 65.0 Å². The number of hydrogen-bond donors (Lipinski definition) is 1. The highest BCUT2D eigenvalue weighted by Crippen LogP contribution is 2.27. The summed E-state index contributed by atoms with van der Waals surface area (Å²) >= 11 is 0. The molecule has 0 aliphatic rings. The van der Waals surface area contributed by atoms with E-state index < -0.39 is 5.97 Å². The van der Waals surface area contributed by atoms with Crippen molar-refractivity contribution in [3.05, 3.63) is 53.6 Å². The van der Waals surface area contributed by atoms with Gasteiger partial charge in [0.1, 0.15) is 23.9 Å². The van der Waals surface area contributed by atoms with Gasteiger partial charge in [0, 0.05) is 18.2 Å². The summed E-state index contributed by atoms with van der Waals surface area (Å²) in [7, 11) is 3.15. The van der Waals surface area contributed by atoms with Crippen molar-refractivity contribution in [1.82, 2.24) is 0 Å². The molecule has 5 heteroatoms. The van der Waals surface area contributed by atoms with Gasteiger partial charge in [-0.3, -0.25) is 0 Å². The summed E-state index contributed by atoms with van der Waals surface area (Å²) in [6.07, 6.45) is 0. The van der Waals surface area contributed by atoms with E-state index in [4.69, 9.17) is 19.3 Å². The van der Waals surface area contributed by atoms with Crippen molar-refractivity contribution in [2.45, 2.75) is 6.61 Å². The van der Waals surface area contributed by atoms with E-state index in [-0.39, 0.29) is 5.56 Å². The maximum absolute atomic E-state index is 10.8. The number of methoxy groups -OCH3 is 2. The molecule has 0 spiro atoms. The number of aromatic carboxylic acids is 1. The smallest absolute Gasteiger partial charge is 0.335 e. The molecule has 0 unspecified atom stereocenters. The molecule has 0 radical (unpaired) electrons. The zero-order valence-electron chi connectivity index (χ0n) is 11.8. The van der Waals surface area contributed by atoms with E-state index in [1.54, 1.807) is 56.7 Å². The third kappa shape index (κ3) is 3.89. The Bertz CT molecular complexity index is 597. The first-order chi connectivity index (χ1) is 10.1. The van der Waals surface area contributed by atoms with Gasteiger partial charge in [0.05, 0.1) is 19.8 Å². The average molecular weight is 288 g/mol. The van der Waals surface area contributed by atoms with Crippen LogP contribution in [0.4, 0.5) is 0 Å². The van der Waals surface area contributed by atoms with E-state index in [1.807, 2.05) is 0 Å². The zero-order chi connectivity index (χ0) is 15.2. The summed E-state index contributed by atoms with van der Waals surface area (Å²) in [4.78, 5) is 10.8. The highest BCUT2D eigenvalue weighted by Gasteiger charge is 2.05. The summed E-state index contributed by atoms with van der Waals surface area (Å²) in [5.74, 6) is 0.963. The Labute approximate surface area is 122 Å². The molecule has 0 heterocycles. The van der Waals surface area contributed by atoms with Crippen LogP contribution in [0.25, 0.3) is 0 Å². The standard InChI is InChI=1S/C16H16O5/c1-19-13-7-14(20-2)9-15(8-13)21-10-11-3-5-12(6-4-11)16(17)18/h3-9H,10H2,1-2H3,(H,17,18). The molecule has 0 fully saturated rings. The largest absolute Gasteiger partial charge is 0.496 e. The Morgan fingerprint density at radius 2 is 1.48 bits per heavy atom. The van der Waals surface area contributed by atoms with Gasteiger partial charge in [-0.1, -0.05) is 12.1 Å². The molecule has 2 aromatic carbocycles. The minimum absolute atomic E-state index is 0.252. The molecule has 5 nitrogen and oxygen atoms in total. The van der Waals surface area contributed by atoms with E-state index in [1.165, 1.54) is 0 Å². The van der Waals surface area contributed by atoms with Crippen molar-refractivity contribution in [1.29, 1.82) is 0 Å². The van der Waals surface area contributed by atoms with Gasteiger partial charge < -0.3 is 19.3 Å². The maximum Gasteiger partial charge on any atom is 0.335 e. The van der Waals surface area contributed by atoms with Gasteiger partial charge in [-0.2, -0.15) is 0 Å². The predicted molar refractivity (Wildman–Crippen MR) is 77.3 cm³/mol. The van der Waals surface area contributed by atoms with E-state index in [0.29, 0.717) is 23.9 Å². The summed E-state index contributed by atoms with van der Waals surface area (Å²) in [5, 5.41) is 8.84. The van der Waals surface area contributed by atoms with Crippen LogP contribution in [0.1, 0.15) is 15.9 Å². The number of hydrogen-bond acceptors (Lipinski definition) is 4. The van der Waals surface area contributed by atoms with Crippen LogP contribution in [0.2, 0.25) is 0 Å². The molecular formula is C16H16O5. The van der Waals surface area contributed by atoms with Crippen LogP contribution in [0.3, 0.4) is 0 Å². The van der Waals surface area contributed by atoms with Crippen LogP contribution in [0.15, 0.2) is 42.5 Å². The summed E-state index contributed by atoms with van der Waals surface area (Å²) < 4.78 is 16.0. The van der Waals surface area contributed by atoms with Crippen LogP contribution >= 0.6 is 0 Å². The first-order valence-electron chi connectivity index (χ1n) is 6.30. The molecule has 0 saturated carbocycles. The third-order valence-corrected chi connectivity index (χ3v) is 2.93. The highest BCUT2D eigenvalue weighted by molar-refractivity contribution is 5.87. The SMILES string of the molecule is COc1cc(OC)cc(OCc2ccc(C(=O)O)cc2)c1. The minimum atomic E-state index is -0.944. The summed E-state index contributed by atoms with van der Waals surface area (Å²) in [6.45, 7) is 0.330. The number of rotatable bonds is 6. The van der Waals surface area contributed by atoms with Crippen LogP contribution in [0.5, 0.6) is 17.2 Å². The molecule has 0 aliphatic heterocycles. The predicted octanol–water partition coefficient (Wildman–Crippen LogP) is 2.98. The fourth-order valence-electron chi connectivity index (χ4n) is 1.77. The Balaban J connectivity index is 2.06. The fraction of sp³-hybridized carbons (Fsp3) is 0.188. The number of carboxylic acid groups (broad SMARTS) is 1. The second-order valence-corrected chi connectivity index (χ2v) is 4.34. The maximum atomic E-state index is 10.8. The molecule has 0 amide bonds. The van der Waals surface area contributed by atoms with Gasteiger partial charge in [-0.05, 0) is 17.7 Å². The van der Waals surface area contributed by atoms with Crippen LogP contribution in [0, 0.1) is 0 Å². The normalized spacial score (nSPS) is 10.0. The average Bonchev–Trinajstić information content (AvgIpc) is 2.52. The molecule has 1 N–H and O–H groups in total. The molecule has 2 aromatic rings. The lowest BCUT2D eigenvalue weighted by Gasteiger charge is -2.10. The van der Waals surface area contributed by atoms with E-state index in [0.717, 1.165) is 5.56 Å². The number of benzene rings is 2. The van der Waals surface area contributed by atoms with Gasteiger partial charge >= 0.3 is 5.97 Å². The van der Waals surface area contributed by atoms with Gasteiger partial charge in [0.15, 0.2) is 0 Å². The minimum Gasteiger partial charge on any atom is -0.496 e. The third-order valence-electron chi connectivity index (χ3n) is 2.93. The van der Waals surface area contributed by atoms with Crippen molar-refractivity contribution in [3.63, 3.8) is 0 Å². The molecule has 110 valence electrons. The lowest BCUT2D eigenvalue weighted by atomic mass is 10.1. The van der Waals surface area contributed by atoms with Crippen LogP contribution in [-0.2, 0) is 6.61 Å². The first kappa shape index (κ1) is 14.7. The van der Waals surface area contributed by atoms with Gasteiger partial charge in [-0.25, -0.2) is 4.79 Å². The summed E-state index contributed by atoms with van der Waals surface area (Å²) in [6, 6.07) is 11.8. The van der Waals surface area contributed by atoms with Crippen molar-refractivity contribution in [2.24, 2.45) is 0 Å². The van der Waals surface area contributed by atoms with Gasteiger partial charge in [0.25, 0.3) is 0 Å². The Morgan fingerprint density at radius 1 is 0.952 bits per heavy atom. The zero-order valence-corrected chi connectivity index (χ0v) is 11.8. The Hall–Kier alpha value is -2.69. The number of carboxylic acids is 1. The fourth-order valence-corrected chi connectivity index (χ4v) is 1.77. The Morgan fingerprint density at radius 3 is 1.95 bits per heavy atom. The lowest BCUT2D eigenvalue weighted by Crippen LogP contribution is -1.99. The van der Waals surface area contributed by atoms with Gasteiger partial charge in [-0.15, -0.1) is 0 Å². The molecule has 0 aromatic heterocycles. The quantitative estimate of drug-likeness (QED) is 0.885. The van der Waals surface area contributed by atoms with Crippen molar-refractivity contribution in [2.75, 3.05) is 14.2 Å². The summed E-state index contributed by atoms with van der Waals surface area (Å²) in [5.41, 5.74) is 1.13. The van der Waals surface area contributed by atoms with Crippen LogP contribution in [-0.4, -0.2) is 25.3 Å². The molecule has 0 aliphatic carbocycles. The van der Waals surface area contributed by atoms with E-state index in [9.17, 15) is 4.79 Å². The van der Waals surface area contributed by atoms with Crippen molar-refractivity contribution < 1.29 is 24.1 Å². The van der Waals surface area contributed by atoms with Crippen molar-refractivity contribution >= 4 is 5.97 Å². The van der Waals surface area contributed by atoms with Gasteiger partial charge in [0.2, 0.25) is 0 Å². The van der Waals surface area contributed by atoms with E-state index in [2.05, 4.69) is 0 Å². The Kier molecular flexibility index (Phi) is 4.66. The monoisotopic (exact) mass is 288 g/mol. The molecule has 21 heavy (non-hydrogen) atoms. The lowest BCUT2D eigenvalue weighted by molar-refractivity contribution is 0.0697. The molecule has 0 atom stereocenters. The molecule has 2 rings (SSSR count). The van der Waals surface area contributed by atoms with Crippen molar-refractivity contribution in [3.8, 4) is 17.2 Å². The van der Waals surface area contributed by atoms with Crippen LogP contribution < -0.4 is 14.2 Å².